The molecule has 26 heavy (non-hydrogen) atoms. The second-order valence-electron chi connectivity index (χ2n) is 6.12. The van der Waals surface area contributed by atoms with E-state index < -0.39 is 5.97 Å². The van der Waals surface area contributed by atoms with Crippen molar-refractivity contribution in [2.45, 2.75) is 18.9 Å². The van der Waals surface area contributed by atoms with E-state index in [2.05, 4.69) is 15.5 Å². The molecule has 0 spiro atoms. The molecule has 1 atom stereocenters. The molecular weight excluding hydrogens is 374 g/mol. The molecule has 1 aliphatic rings. The first-order valence-electron chi connectivity index (χ1n) is 8.25. The monoisotopic (exact) mass is 389 g/mol. The van der Waals surface area contributed by atoms with Crippen LogP contribution in [0.3, 0.4) is 0 Å². The van der Waals surface area contributed by atoms with E-state index in [1.54, 1.807) is 6.07 Å². The van der Waals surface area contributed by atoms with Crippen LogP contribution in [0.2, 0.25) is 5.02 Å². The second-order valence-corrected chi connectivity index (χ2v) is 7.61. The molecule has 1 aliphatic heterocycles. The Morgan fingerprint density at radius 2 is 2.23 bits per heavy atom. The first kappa shape index (κ1) is 17.2. The summed E-state index contributed by atoms with van der Waals surface area (Å²) in [5.74, 6) is -0.500. The van der Waals surface area contributed by atoms with Crippen molar-refractivity contribution < 1.29 is 14.6 Å². The molecule has 4 rings (SSSR count). The predicted molar refractivity (Wildman–Crippen MR) is 102 cm³/mol. The van der Waals surface area contributed by atoms with Crippen LogP contribution in [0, 0.1) is 0 Å². The summed E-state index contributed by atoms with van der Waals surface area (Å²) in [6.07, 6.45) is 1.97. The number of hydrogen-bond donors (Lipinski definition) is 2. The minimum Gasteiger partial charge on any atom is -0.476 e. The molecule has 0 amide bonds. The van der Waals surface area contributed by atoms with Gasteiger partial charge in [-0.1, -0.05) is 23.7 Å². The molecule has 134 valence electrons. The van der Waals surface area contributed by atoms with Crippen molar-refractivity contribution in [3.05, 3.63) is 41.0 Å². The number of nitrogens with one attached hydrogen (secondary N) is 1. The van der Waals surface area contributed by atoms with Gasteiger partial charge in [0.2, 0.25) is 0 Å². The molecule has 3 aromatic rings. The van der Waals surface area contributed by atoms with Crippen LogP contribution in [0.5, 0.6) is 0 Å². The number of carbonyl (C=O) groups is 1. The largest absolute Gasteiger partial charge is 0.476 e. The Labute approximate surface area is 158 Å². The molecule has 8 heteroatoms. The summed E-state index contributed by atoms with van der Waals surface area (Å²) in [6.45, 7) is 1.38. The van der Waals surface area contributed by atoms with Gasteiger partial charge in [0.1, 0.15) is 0 Å². The highest BCUT2D eigenvalue weighted by Crippen LogP contribution is 2.38. The second kappa shape index (κ2) is 7.19. The number of hydrogen-bond acceptors (Lipinski definition) is 6. The summed E-state index contributed by atoms with van der Waals surface area (Å²) < 4.78 is 6.10. The number of halogens is 1. The van der Waals surface area contributed by atoms with Crippen LogP contribution >= 0.6 is 22.9 Å². The Bertz CT molecular complexity index is 969. The van der Waals surface area contributed by atoms with E-state index in [1.165, 1.54) is 11.3 Å². The number of carboxylic acids is 1. The number of aromatic nitrogens is 2. The van der Waals surface area contributed by atoms with E-state index in [-0.39, 0.29) is 11.7 Å². The van der Waals surface area contributed by atoms with E-state index >= 15 is 0 Å². The molecule has 1 fully saturated rings. The van der Waals surface area contributed by atoms with Crippen LogP contribution in [0.4, 0.5) is 5.82 Å². The topological polar surface area (TPSA) is 84.3 Å². The van der Waals surface area contributed by atoms with Crippen molar-refractivity contribution >= 4 is 44.8 Å². The minimum absolute atomic E-state index is 0.0382. The van der Waals surface area contributed by atoms with E-state index in [9.17, 15) is 9.90 Å². The molecule has 1 unspecified atom stereocenters. The maximum Gasteiger partial charge on any atom is 0.357 e. The van der Waals surface area contributed by atoms with Gasteiger partial charge < -0.3 is 15.2 Å². The fourth-order valence-electron chi connectivity index (χ4n) is 3.02. The van der Waals surface area contributed by atoms with Gasteiger partial charge in [-0.15, -0.1) is 21.5 Å². The van der Waals surface area contributed by atoms with Crippen LogP contribution in [-0.2, 0) is 4.74 Å². The lowest BCUT2D eigenvalue weighted by Gasteiger charge is -2.23. The van der Waals surface area contributed by atoms with E-state index in [0.717, 1.165) is 35.3 Å². The van der Waals surface area contributed by atoms with Crippen molar-refractivity contribution in [2.75, 3.05) is 18.5 Å². The highest BCUT2D eigenvalue weighted by atomic mass is 35.5. The predicted octanol–water partition coefficient (Wildman–Crippen LogP) is 4.30. The molecule has 2 N–H and O–H groups in total. The zero-order valence-corrected chi connectivity index (χ0v) is 15.3. The van der Waals surface area contributed by atoms with Crippen LogP contribution < -0.4 is 5.32 Å². The lowest BCUT2D eigenvalue weighted by Crippen LogP contribution is -2.30. The molecule has 2 aromatic heterocycles. The fourth-order valence-corrected chi connectivity index (χ4v) is 4.34. The minimum atomic E-state index is -1.09. The van der Waals surface area contributed by atoms with Gasteiger partial charge in [-0.3, -0.25) is 0 Å². The van der Waals surface area contributed by atoms with Gasteiger partial charge in [-0.05, 0) is 36.6 Å². The number of carboxylic acid groups (broad SMARTS) is 1. The van der Waals surface area contributed by atoms with Crippen molar-refractivity contribution in [3.8, 4) is 10.4 Å². The highest BCUT2D eigenvalue weighted by molar-refractivity contribution is 7.22. The summed E-state index contributed by atoms with van der Waals surface area (Å²) in [6, 6.07) is 9.57. The molecule has 0 saturated carbocycles. The number of rotatable bonds is 4. The SMILES string of the molecule is O=C(O)c1nnc(NC2CCCOC2)c2cc(-c3cccc(Cl)c3)sc12. The number of fused-ring (bicyclic) bond motifs is 1. The third-order valence-corrected chi connectivity index (χ3v) is 5.69. The molecule has 1 saturated heterocycles. The smallest absolute Gasteiger partial charge is 0.357 e. The summed E-state index contributed by atoms with van der Waals surface area (Å²) in [5.41, 5.74) is 0.894. The summed E-state index contributed by atoms with van der Waals surface area (Å²) in [7, 11) is 0. The van der Waals surface area contributed by atoms with Gasteiger partial charge in [-0.2, -0.15) is 0 Å². The first-order valence-corrected chi connectivity index (χ1v) is 9.45. The van der Waals surface area contributed by atoms with Crippen LogP contribution in [0.25, 0.3) is 20.5 Å². The molecule has 0 aliphatic carbocycles. The van der Waals surface area contributed by atoms with E-state index in [4.69, 9.17) is 16.3 Å². The van der Waals surface area contributed by atoms with Crippen molar-refractivity contribution in [2.24, 2.45) is 0 Å². The number of nitrogens with zero attached hydrogens (tertiary/aromatic N) is 2. The fraction of sp³-hybridized carbons (Fsp3) is 0.278. The standard InChI is InChI=1S/C18H16ClN3O3S/c19-11-4-1-3-10(7-11)14-8-13-16(26-14)15(18(23)24)21-22-17(13)20-12-5-2-6-25-9-12/h1,3-4,7-8,12H,2,5-6,9H2,(H,20,22)(H,23,24). The number of ether oxygens (including phenoxy) is 1. The quantitative estimate of drug-likeness (QED) is 0.692. The summed E-state index contributed by atoms with van der Waals surface area (Å²) in [5, 5.41) is 22.3. The Morgan fingerprint density at radius 3 is 2.96 bits per heavy atom. The molecule has 6 nitrogen and oxygen atoms in total. The average molecular weight is 390 g/mol. The van der Waals surface area contributed by atoms with Gasteiger partial charge in [0, 0.05) is 21.9 Å². The zero-order valence-electron chi connectivity index (χ0n) is 13.7. The van der Waals surface area contributed by atoms with Crippen molar-refractivity contribution in [3.63, 3.8) is 0 Å². The van der Waals surface area contributed by atoms with E-state index in [1.807, 2.05) is 24.3 Å². The Morgan fingerprint density at radius 1 is 1.35 bits per heavy atom. The highest BCUT2D eigenvalue weighted by Gasteiger charge is 2.21. The van der Waals surface area contributed by atoms with Crippen molar-refractivity contribution in [1.29, 1.82) is 0 Å². The number of aromatic carboxylic acids is 1. The van der Waals surface area contributed by atoms with Gasteiger partial charge in [0.25, 0.3) is 0 Å². The number of benzene rings is 1. The molecule has 1 aromatic carbocycles. The maximum absolute atomic E-state index is 11.6. The third-order valence-electron chi connectivity index (χ3n) is 4.27. The Hall–Kier alpha value is -2.22. The van der Waals surface area contributed by atoms with Crippen molar-refractivity contribution in [1.82, 2.24) is 10.2 Å². The molecular formula is C18H16ClN3O3S. The number of anilines is 1. The first-order chi connectivity index (χ1) is 12.6. The van der Waals surface area contributed by atoms with Gasteiger partial charge in [-0.25, -0.2) is 4.79 Å². The van der Waals surface area contributed by atoms with Crippen LogP contribution in [0.15, 0.2) is 30.3 Å². The summed E-state index contributed by atoms with van der Waals surface area (Å²) >= 11 is 7.47. The van der Waals surface area contributed by atoms with Crippen LogP contribution in [-0.4, -0.2) is 40.5 Å². The zero-order chi connectivity index (χ0) is 18.1. The van der Waals surface area contributed by atoms with E-state index in [0.29, 0.717) is 22.1 Å². The van der Waals surface area contributed by atoms with Crippen LogP contribution in [0.1, 0.15) is 23.3 Å². The van der Waals surface area contributed by atoms with Gasteiger partial charge >= 0.3 is 5.97 Å². The third kappa shape index (κ3) is 3.38. The lowest BCUT2D eigenvalue weighted by atomic mass is 10.1. The Balaban J connectivity index is 1.80. The van der Waals surface area contributed by atoms with Gasteiger partial charge in [0.05, 0.1) is 17.3 Å². The lowest BCUT2D eigenvalue weighted by molar-refractivity contribution is 0.0692. The van der Waals surface area contributed by atoms with Gasteiger partial charge in [0.15, 0.2) is 11.5 Å². The molecule has 3 heterocycles. The Kier molecular flexibility index (Phi) is 4.76. The number of thiophene rings is 1. The maximum atomic E-state index is 11.6. The summed E-state index contributed by atoms with van der Waals surface area (Å²) in [4.78, 5) is 12.5. The molecule has 0 radical (unpaired) electrons. The normalized spacial score (nSPS) is 17.3. The average Bonchev–Trinajstić information content (AvgIpc) is 3.08. The molecule has 0 bridgehead atoms.